The predicted molar refractivity (Wildman–Crippen MR) is 84.6 cm³/mol. The number of alkyl halides is 6. The van der Waals surface area contributed by atoms with Gasteiger partial charge in [-0.2, -0.15) is 26.3 Å². The maximum atomic E-state index is 12.7. The van der Waals surface area contributed by atoms with E-state index >= 15 is 0 Å². The van der Waals surface area contributed by atoms with Crippen molar-refractivity contribution in [2.24, 2.45) is 0 Å². The van der Waals surface area contributed by atoms with E-state index in [9.17, 15) is 26.3 Å². The predicted octanol–water partition coefficient (Wildman–Crippen LogP) is 5.78. The molecule has 1 heterocycles. The third kappa shape index (κ3) is 7.15. The summed E-state index contributed by atoms with van der Waals surface area (Å²) in [5, 5.41) is 1.48. The van der Waals surface area contributed by atoms with Crippen molar-refractivity contribution in [3.05, 3.63) is 11.4 Å². The molecule has 0 aliphatic rings. The minimum Gasteiger partial charge on any atom is -0.337 e. The highest BCUT2D eigenvalue weighted by atomic mass is 19.4. The second-order valence-electron chi connectivity index (χ2n) is 6.09. The van der Waals surface area contributed by atoms with Gasteiger partial charge in [0.1, 0.15) is 0 Å². The molecule has 3 nitrogen and oxygen atoms in total. The molecule has 9 heteroatoms. The Balaban J connectivity index is 2.95. The molecule has 0 atom stereocenters. The Bertz CT molecular complexity index is 465. The number of nitrogens with one attached hydrogen (secondary N) is 2. The molecular weight excluding hydrogens is 348 g/mol. The Labute approximate surface area is 143 Å². The lowest BCUT2D eigenvalue weighted by atomic mass is 10.1. The molecule has 0 amide bonds. The Kier molecular flexibility index (Phi) is 8.08. The van der Waals surface area contributed by atoms with E-state index in [1.54, 1.807) is 0 Å². The summed E-state index contributed by atoms with van der Waals surface area (Å²) in [6.45, 7) is 4.02. The second-order valence-corrected chi connectivity index (χ2v) is 6.09. The fourth-order valence-corrected chi connectivity index (χ4v) is 2.51. The van der Waals surface area contributed by atoms with Gasteiger partial charge < -0.3 is 10.3 Å². The Hall–Kier alpha value is -1.41. The summed E-state index contributed by atoms with van der Waals surface area (Å²) in [5.41, 5.74) is 1.17. The number of aromatic nitrogens is 2. The van der Waals surface area contributed by atoms with E-state index in [0.717, 1.165) is 38.5 Å². The zero-order valence-electron chi connectivity index (χ0n) is 14.4. The number of rotatable bonds is 10. The molecule has 0 spiro atoms. The number of hydrogen-bond acceptors (Lipinski definition) is 2. The van der Waals surface area contributed by atoms with Gasteiger partial charge >= 0.3 is 12.4 Å². The van der Waals surface area contributed by atoms with E-state index in [-0.39, 0.29) is 0 Å². The smallest absolute Gasteiger partial charge is 0.337 e. The molecule has 1 aromatic rings. The SMILES string of the molecule is CCCCCc1nc(NC(C(F)(F)F)C(F)(F)F)[nH]c1CCCCC. The normalized spacial score (nSPS) is 12.8. The highest BCUT2D eigenvalue weighted by Crippen LogP contribution is 2.35. The summed E-state index contributed by atoms with van der Waals surface area (Å²) < 4.78 is 76.1. The highest BCUT2D eigenvalue weighted by molar-refractivity contribution is 5.34. The summed E-state index contributed by atoms with van der Waals surface area (Å²) in [7, 11) is 0. The molecule has 0 aromatic carbocycles. The summed E-state index contributed by atoms with van der Waals surface area (Å²) in [4.78, 5) is 6.58. The largest absolute Gasteiger partial charge is 0.417 e. The second kappa shape index (κ2) is 9.33. The first kappa shape index (κ1) is 21.6. The van der Waals surface area contributed by atoms with Gasteiger partial charge in [-0.3, -0.25) is 0 Å². The van der Waals surface area contributed by atoms with Gasteiger partial charge in [-0.25, -0.2) is 4.98 Å². The highest BCUT2D eigenvalue weighted by Gasteiger charge is 2.57. The molecule has 0 saturated heterocycles. The van der Waals surface area contributed by atoms with Crippen LogP contribution >= 0.6 is 0 Å². The number of nitrogens with zero attached hydrogens (tertiary/aromatic N) is 1. The van der Waals surface area contributed by atoms with Gasteiger partial charge in [0, 0.05) is 5.69 Å². The molecule has 2 N–H and O–H groups in total. The minimum absolute atomic E-state index is 0.474. The van der Waals surface area contributed by atoms with E-state index in [1.807, 2.05) is 13.8 Å². The molecule has 0 radical (unpaired) electrons. The number of aromatic amines is 1. The monoisotopic (exact) mass is 373 g/mol. The fraction of sp³-hybridized carbons (Fsp3) is 0.812. The first-order valence-corrected chi connectivity index (χ1v) is 8.57. The summed E-state index contributed by atoms with van der Waals surface area (Å²) in [6.07, 6.45) is -4.40. The summed E-state index contributed by atoms with van der Waals surface area (Å²) in [6, 6.07) is -3.64. The van der Waals surface area contributed by atoms with E-state index in [4.69, 9.17) is 0 Å². The first-order valence-electron chi connectivity index (χ1n) is 8.57. The molecule has 0 bridgehead atoms. The van der Waals surface area contributed by atoms with Crippen LogP contribution in [0.4, 0.5) is 32.3 Å². The van der Waals surface area contributed by atoms with Crippen molar-refractivity contribution in [2.75, 3.05) is 5.32 Å². The Morgan fingerprint density at radius 2 is 1.40 bits per heavy atom. The van der Waals surface area contributed by atoms with Gasteiger partial charge in [0.05, 0.1) is 5.69 Å². The number of aryl methyl sites for hydroxylation is 2. The van der Waals surface area contributed by atoms with Gasteiger partial charge in [-0.05, 0) is 25.7 Å². The topological polar surface area (TPSA) is 40.7 Å². The number of unbranched alkanes of at least 4 members (excludes halogenated alkanes) is 4. The number of imidazole rings is 1. The van der Waals surface area contributed by atoms with Crippen LogP contribution in [0, 0.1) is 0 Å². The van der Waals surface area contributed by atoms with Crippen molar-refractivity contribution in [2.45, 2.75) is 83.6 Å². The molecule has 0 saturated carbocycles. The van der Waals surface area contributed by atoms with Crippen molar-refractivity contribution in [1.29, 1.82) is 0 Å². The number of hydrogen-bond donors (Lipinski definition) is 2. The quantitative estimate of drug-likeness (QED) is 0.403. The van der Waals surface area contributed by atoms with Crippen LogP contribution in [0.5, 0.6) is 0 Å². The van der Waals surface area contributed by atoms with Crippen molar-refractivity contribution in [3.63, 3.8) is 0 Å². The molecule has 1 rings (SSSR count). The number of halogens is 6. The molecular formula is C16H25F6N3. The molecule has 146 valence electrons. The van der Waals surface area contributed by atoms with Crippen LogP contribution in [0.25, 0.3) is 0 Å². The van der Waals surface area contributed by atoms with Crippen LogP contribution in [0.2, 0.25) is 0 Å². The zero-order valence-corrected chi connectivity index (χ0v) is 14.4. The average molecular weight is 373 g/mol. The zero-order chi connectivity index (χ0) is 19.1. The number of H-pyrrole nitrogens is 1. The summed E-state index contributed by atoms with van der Waals surface area (Å²) >= 11 is 0. The molecule has 1 aromatic heterocycles. The van der Waals surface area contributed by atoms with Gasteiger partial charge in [-0.1, -0.05) is 39.5 Å². The fourth-order valence-electron chi connectivity index (χ4n) is 2.51. The van der Waals surface area contributed by atoms with Gasteiger partial charge in [-0.15, -0.1) is 0 Å². The first-order chi connectivity index (χ1) is 11.6. The van der Waals surface area contributed by atoms with Gasteiger partial charge in [0.25, 0.3) is 0 Å². The van der Waals surface area contributed by atoms with Gasteiger partial charge in [0.15, 0.2) is 0 Å². The van der Waals surface area contributed by atoms with E-state index in [0.29, 0.717) is 24.2 Å². The maximum absolute atomic E-state index is 12.7. The third-order valence-electron chi connectivity index (χ3n) is 3.85. The van der Waals surface area contributed by atoms with Crippen LogP contribution < -0.4 is 5.32 Å². The lowest BCUT2D eigenvalue weighted by molar-refractivity contribution is -0.242. The van der Waals surface area contributed by atoms with Crippen LogP contribution in [0.1, 0.15) is 63.8 Å². The van der Waals surface area contributed by atoms with Crippen LogP contribution in [0.15, 0.2) is 0 Å². The van der Waals surface area contributed by atoms with E-state index in [2.05, 4.69) is 9.97 Å². The summed E-state index contributed by atoms with van der Waals surface area (Å²) in [5.74, 6) is -0.474. The van der Waals surface area contributed by atoms with Crippen LogP contribution in [-0.2, 0) is 12.8 Å². The van der Waals surface area contributed by atoms with E-state index < -0.39 is 24.3 Å². The molecule has 0 aliphatic carbocycles. The molecule has 0 aliphatic heterocycles. The van der Waals surface area contributed by atoms with Crippen molar-refractivity contribution in [3.8, 4) is 0 Å². The molecule has 25 heavy (non-hydrogen) atoms. The van der Waals surface area contributed by atoms with Crippen LogP contribution in [0.3, 0.4) is 0 Å². The lowest BCUT2D eigenvalue weighted by Crippen LogP contribution is -2.48. The molecule has 0 fully saturated rings. The third-order valence-corrected chi connectivity index (χ3v) is 3.85. The van der Waals surface area contributed by atoms with E-state index in [1.165, 1.54) is 5.32 Å². The van der Waals surface area contributed by atoms with Crippen molar-refractivity contribution < 1.29 is 26.3 Å². The van der Waals surface area contributed by atoms with Crippen LogP contribution in [-0.4, -0.2) is 28.4 Å². The Morgan fingerprint density at radius 1 is 0.880 bits per heavy atom. The lowest BCUT2D eigenvalue weighted by Gasteiger charge is -2.23. The van der Waals surface area contributed by atoms with Gasteiger partial charge in [0.2, 0.25) is 12.0 Å². The van der Waals surface area contributed by atoms with Crippen molar-refractivity contribution >= 4 is 5.95 Å². The standard InChI is InChI=1S/C16H25F6N3/c1-3-5-7-9-11-12(10-8-6-4-2)24-14(23-11)25-13(15(17,18)19)16(20,21)22/h13H,3-10H2,1-2H3,(H2,23,24,25). The minimum atomic E-state index is -5.45. The average Bonchev–Trinajstić information content (AvgIpc) is 2.85. The Morgan fingerprint density at radius 3 is 1.88 bits per heavy atom. The maximum Gasteiger partial charge on any atom is 0.417 e. The number of anilines is 1. The van der Waals surface area contributed by atoms with Crippen molar-refractivity contribution in [1.82, 2.24) is 9.97 Å². The molecule has 0 unspecified atom stereocenters.